The summed E-state index contributed by atoms with van der Waals surface area (Å²) in [5.41, 5.74) is 0.792. The first-order chi connectivity index (χ1) is 6.83. The van der Waals surface area contributed by atoms with E-state index in [0.29, 0.717) is 11.6 Å². The molecule has 0 aliphatic rings. The molecule has 2 nitrogen and oxygen atoms in total. The number of ether oxygens (including phenoxy) is 1. The van der Waals surface area contributed by atoms with Crippen LogP contribution in [0.3, 0.4) is 0 Å². The van der Waals surface area contributed by atoms with Gasteiger partial charge in [-0.25, -0.2) is 0 Å². The van der Waals surface area contributed by atoms with Crippen molar-refractivity contribution in [1.82, 2.24) is 4.98 Å². The number of para-hydroxylation sites is 1. The zero-order chi connectivity index (χ0) is 9.97. The van der Waals surface area contributed by atoms with Crippen LogP contribution in [0.25, 0.3) is 10.9 Å². The van der Waals surface area contributed by atoms with Crippen molar-refractivity contribution in [1.29, 1.82) is 0 Å². The molecule has 14 heavy (non-hydrogen) atoms. The maximum atomic E-state index is 6.01. The first-order valence-electron chi connectivity index (χ1n) is 4.49. The van der Waals surface area contributed by atoms with Gasteiger partial charge < -0.3 is 4.74 Å². The van der Waals surface area contributed by atoms with Crippen molar-refractivity contribution in [2.24, 2.45) is 0 Å². The van der Waals surface area contributed by atoms with Crippen molar-refractivity contribution in [3.05, 3.63) is 35.5 Å². The van der Waals surface area contributed by atoms with Gasteiger partial charge in [-0.1, -0.05) is 17.7 Å². The molecule has 0 aliphatic heterocycles. The normalized spacial score (nSPS) is 10.4. The van der Waals surface area contributed by atoms with Crippen LogP contribution in [0, 0.1) is 0 Å². The SMILES string of the molecule is CCOc1ccnc2c(Cl)cccc12. The highest BCUT2D eigenvalue weighted by atomic mass is 35.5. The molecule has 3 heteroatoms. The summed E-state index contributed by atoms with van der Waals surface area (Å²) in [7, 11) is 0. The molecule has 0 fully saturated rings. The van der Waals surface area contributed by atoms with Crippen LogP contribution in [0.5, 0.6) is 5.75 Å². The number of aromatic nitrogens is 1. The summed E-state index contributed by atoms with van der Waals surface area (Å²) in [6.45, 7) is 2.60. The number of rotatable bonds is 2. The molecule has 1 heterocycles. The van der Waals surface area contributed by atoms with Gasteiger partial charge in [0.05, 0.1) is 17.1 Å². The monoisotopic (exact) mass is 207 g/mol. The number of hydrogen-bond donors (Lipinski definition) is 0. The maximum Gasteiger partial charge on any atom is 0.130 e. The van der Waals surface area contributed by atoms with Crippen molar-refractivity contribution in [2.45, 2.75) is 6.92 Å². The van der Waals surface area contributed by atoms with Gasteiger partial charge in [-0.15, -0.1) is 0 Å². The highest BCUT2D eigenvalue weighted by Gasteiger charge is 2.04. The number of benzene rings is 1. The van der Waals surface area contributed by atoms with E-state index in [-0.39, 0.29) is 0 Å². The largest absolute Gasteiger partial charge is 0.493 e. The van der Waals surface area contributed by atoms with E-state index in [1.165, 1.54) is 0 Å². The number of nitrogens with zero attached hydrogens (tertiary/aromatic N) is 1. The lowest BCUT2D eigenvalue weighted by Gasteiger charge is -2.06. The van der Waals surface area contributed by atoms with E-state index in [1.807, 2.05) is 31.2 Å². The van der Waals surface area contributed by atoms with Gasteiger partial charge in [-0.3, -0.25) is 4.98 Å². The summed E-state index contributed by atoms with van der Waals surface area (Å²) in [4.78, 5) is 4.21. The summed E-state index contributed by atoms with van der Waals surface area (Å²) < 4.78 is 5.48. The Kier molecular flexibility index (Phi) is 2.55. The van der Waals surface area contributed by atoms with Gasteiger partial charge in [-0.2, -0.15) is 0 Å². The zero-order valence-electron chi connectivity index (χ0n) is 7.83. The molecular formula is C11H10ClNO. The second-order valence-corrected chi connectivity index (χ2v) is 3.29. The molecule has 1 aromatic heterocycles. The topological polar surface area (TPSA) is 22.1 Å². The first-order valence-corrected chi connectivity index (χ1v) is 4.86. The number of fused-ring (bicyclic) bond motifs is 1. The first kappa shape index (κ1) is 9.28. The molecular weight excluding hydrogens is 198 g/mol. The molecule has 1 aromatic carbocycles. The van der Waals surface area contributed by atoms with Gasteiger partial charge in [0.25, 0.3) is 0 Å². The summed E-state index contributed by atoms with van der Waals surface area (Å²) in [5.74, 6) is 0.833. The third kappa shape index (κ3) is 1.53. The Hall–Kier alpha value is -1.28. The Morgan fingerprint density at radius 1 is 1.36 bits per heavy atom. The molecule has 72 valence electrons. The quantitative estimate of drug-likeness (QED) is 0.754. The van der Waals surface area contributed by atoms with Gasteiger partial charge in [0.15, 0.2) is 0 Å². The minimum absolute atomic E-state index is 0.644. The Bertz CT molecular complexity index is 456. The molecule has 0 amide bonds. The number of hydrogen-bond acceptors (Lipinski definition) is 2. The Morgan fingerprint density at radius 2 is 2.21 bits per heavy atom. The van der Waals surface area contributed by atoms with Gasteiger partial charge >= 0.3 is 0 Å². The molecule has 0 N–H and O–H groups in total. The molecule has 0 radical (unpaired) electrons. The lowest BCUT2D eigenvalue weighted by molar-refractivity contribution is 0.344. The summed E-state index contributed by atoms with van der Waals surface area (Å²) in [5, 5.41) is 1.62. The van der Waals surface area contributed by atoms with E-state index in [0.717, 1.165) is 16.7 Å². The minimum atomic E-state index is 0.644. The van der Waals surface area contributed by atoms with Crippen LogP contribution in [0.2, 0.25) is 5.02 Å². The van der Waals surface area contributed by atoms with Gasteiger partial charge in [0.1, 0.15) is 5.75 Å². The average molecular weight is 208 g/mol. The van der Waals surface area contributed by atoms with Crippen molar-refractivity contribution < 1.29 is 4.74 Å². The second kappa shape index (κ2) is 3.84. The molecule has 0 unspecified atom stereocenters. The summed E-state index contributed by atoms with van der Waals surface area (Å²) in [6.07, 6.45) is 1.71. The van der Waals surface area contributed by atoms with E-state index in [1.54, 1.807) is 6.20 Å². The van der Waals surface area contributed by atoms with Crippen LogP contribution in [0.15, 0.2) is 30.5 Å². The van der Waals surface area contributed by atoms with Gasteiger partial charge in [-0.05, 0) is 25.1 Å². The van der Waals surface area contributed by atoms with E-state index >= 15 is 0 Å². The molecule has 0 bridgehead atoms. The van der Waals surface area contributed by atoms with Crippen molar-refractivity contribution in [3.8, 4) is 5.75 Å². The predicted octanol–water partition coefficient (Wildman–Crippen LogP) is 3.29. The third-order valence-corrected chi connectivity index (χ3v) is 2.29. The maximum absolute atomic E-state index is 6.01. The molecule has 0 saturated heterocycles. The fourth-order valence-electron chi connectivity index (χ4n) is 1.40. The average Bonchev–Trinajstić information content (AvgIpc) is 2.20. The Labute approximate surface area is 87.5 Å². The summed E-state index contributed by atoms with van der Waals surface area (Å²) in [6, 6.07) is 7.53. The highest BCUT2D eigenvalue weighted by Crippen LogP contribution is 2.28. The lowest BCUT2D eigenvalue weighted by Crippen LogP contribution is -1.93. The minimum Gasteiger partial charge on any atom is -0.493 e. The molecule has 2 aromatic rings. The van der Waals surface area contributed by atoms with Crippen molar-refractivity contribution >= 4 is 22.5 Å². The summed E-state index contributed by atoms with van der Waals surface area (Å²) >= 11 is 6.01. The highest BCUT2D eigenvalue weighted by molar-refractivity contribution is 6.35. The van der Waals surface area contributed by atoms with Crippen LogP contribution in [-0.4, -0.2) is 11.6 Å². The molecule has 0 aliphatic carbocycles. The van der Waals surface area contributed by atoms with Gasteiger partial charge in [0, 0.05) is 11.6 Å². The second-order valence-electron chi connectivity index (χ2n) is 2.88. The lowest BCUT2D eigenvalue weighted by atomic mass is 10.2. The molecule has 0 spiro atoms. The predicted molar refractivity (Wildman–Crippen MR) is 57.9 cm³/mol. The number of pyridine rings is 1. The van der Waals surface area contributed by atoms with Crippen LogP contribution in [-0.2, 0) is 0 Å². The van der Waals surface area contributed by atoms with Crippen LogP contribution in [0.4, 0.5) is 0 Å². The van der Waals surface area contributed by atoms with E-state index in [9.17, 15) is 0 Å². The van der Waals surface area contributed by atoms with E-state index in [2.05, 4.69) is 4.98 Å². The number of halogens is 1. The Morgan fingerprint density at radius 3 is 3.00 bits per heavy atom. The van der Waals surface area contributed by atoms with E-state index < -0.39 is 0 Å². The smallest absolute Gasteiger partial charge is 0.130 e. The van der Waals surface area contributed by atoms with Gasteiger partial charge in [0.2, 0.25) is 0 Å². The van der Waals surface area contributed by atoms with Crippen molar-refractivity contribution in [2.75, 3.05) is 6.61 Å². The van der Waals surface area contributed by atoms with Crippen LogP contribution < -0.4 is 4.74 Å². The zero-order valence-corrected chi connectivity index (χ0v) is 8.58. The van der Waals surface area contributed by atoms with Crippen LogP contribution >= 0.6 is 11.6 Å². The molecule has 2 rings (SSSR count). The fraction of sp³-hybridized carbons (Fsp3) is 0.182. The van der Waals surface area contributed by atoms with Crippen LogP contribution in [0.1, 0.15) is 6.92 Å². The standard InChI is InChI=1S/C11H10ClNO/c1-2-14-10-6-7-13-11-8(10)4-3-5-9(11)12/h3-7H,2H2,1H3. The van der Waals surface area contributed by atoms with Crippen molar-refractivity contribution in [3.63, 3.8) is 0 Å². The fourth-order valence-corrected chi connectivity index (χ4v) is 1.62. The Balaban J connectivity index is 2.68. The van der Waals surface area contributed by atoms with E-state index in [4.69, 9.17) is 16.3 Å². The third-order valence-electron chi connectivity index (χ3n) is 1.98. The molecule has 0 atom stereocenters. The molecule has 0 saturated carbocycles.